The van der Waals surface area contributed by atoms with Crippen LogP contribution in [0, 0.1) is 35.5 Å². The molecule has 1 aliphatic carbocycles. The van der Waals surface area contributed by atoms with Gasteiger partial charge in [-0.25, -0.2) is 0 Å². The third-order valence-electron chi connectivity index (χ3n) is 4.46. The lowest BCUT2D eigenvalue weighted by molar-refractivity contribution is 0.179. The van der Waals surface area contributed by atoms with Gasteiger partial charge in [0.05, 0.1) is 0 Å². The SMILES string of the molecule is CCC1C(C)CC(C(C)C)C1C(C)C. The van der Waals surface area contributed by atoms with E-state index in [9.17, 15) is 0 Å². The fourth-order valence-corrected chi connectivity index (χ4v) is 3.84. The molecule has 1 fully saturated rings. The first-order valence-electron chi connectivity index (χ1n) is 6.49. The van der Waals surface area contributed by atoms with Crippen molar-refractivity contribution in [1.29, 1.82) is 0 Å². The van der Waals surface area contributed by atoms with Crippen LogP contribution in [0.2, 0.25) is 0 Å². The van der Waals surface area contributed by atoms with Crippen LogP contribution in [0.4, 0.5) is 0 Å². The molecule has 1 aliphatic rings. The minimum Gasteiger partial charge on any atom is -0.0651 e. The molecule has 0 N–H and O–H groups in total. The van der Waals surface area contributed by atoms with Gasteiger partial charge in [0, 0.05) is 0 Å². The highest BCUT2D eigenvalue weighted by atomic mass is 14.5. The molecule has 1 saturated carbocycles. The highest BCUT2D eigenvalue weighted by Crippen LogP contribution is 2.49. The van der Waals surface area contributed by atoms with E-state index in [0.29, 0.717) is 0 Å². The molecule has 0 nitrogen and oxygen atoms in total. The molecule has 0 spiro atoms. The molecular weight excluding hydrogens is 168 g/mol. The molecule has 0 amide bonds. The lowest BCUT2D eigenvalue weighted by atomic mass is 9.75. The van der Waals surface area contributed by atoms with Crippen LogP contribution >= 0.6 is 0 Å². The van der Waals surface area contributed by atoms with Crippen molar-refractivity contribution in [2.75, 3.05) is 0 Å². The van der Waals surface area contributed by atoms with Crippen LogP contribution < -0.4 is 0 Å². The largest absolute Gasteiger partial charge is 0.0651 e. The lowest BCUT2D eigenvalue weighted by Crippen LogP contribution is -2.24. The summed E-state index contributed by atoms with van der Waals surface area (Å²) in [6.07, 6.45) is 2.85. The number of hydrogen-bond acceptors (Lipinski definition) is 0. The molecular formula is C14H28. The van der Waals surface area contributed by atoms with Crippen molar-refractivity contribution < 1.29 is 0 Å². The fraction of sp³-hybridized carbons (Fsp3) is 1.00. The summed E-state index contributed by atoms with van der Waals surface area (Å²) >= 11 is 0. The van der Waals surface area contributed by atoms with Crippen LogP contribution in [0.15, 0.2) is 0 Å². The van der Waals surface area contributed by atoms with E-state index in [1.807, 2.05) is 0 Å². The number of hydrogen-bond donors (Lipinski definition) is 0. The van der Waals surface area contributed by atoms with Gasteiger partial charge in [0.1, 0.15) is 0 Å². The van der Waals surface area contributed by atoms with Crippen LogP contribution in [0.1, 0.15) is 54.4 Å². The summed E-state index contributed by atoms with van der Waals surface area (Å²) in [6.45, 7) is 14.5. The zero-order chi connectivity index (χ0) is 10.9. The summed E-state index contributed by atoms with van der Waals surface area (Å²) in [7, 11) is 0. The Balaban J connectivity index is 2.79. The van der Waals surface area contributed by atoms with Gasteiger partial charge in [0.2, 0.25) is 0 Å². The molecule has 0 aromatic carbocycles. The molecule has 4 atom stereocenters. The summed E-state index contributed by atoms with van der Waals surface area (Å²) in [4.78, 5) is 0. The van der Waals surface area contributed by atoms with Gasteiger partial charge < -0.3 is 0 Å². The maximum absolute atomic E-state index is 2.46. The molecule has 0 bridgehead atoms. The van der Waals surface area contributed by atoms with Gasteiger partial charge in [0.25, 0.3) is 0 Å². The molecule has 1 rings (SSSR count). The first-order chi connectivity index (χ1) is 6.49. The van der Waals surface area contributed by atoms with E-state index in [4.69, 9.17) is 0 Å². The Morgan fingerprint density at radius 3 is 2.00 bits per heavy atom. The second-order valence-corrected chi connectivity index (χ2v) is 6.01. The molecule has 0 saturated heterocycles. The predicted molar refractivity (Wildman–Crippen MR) is 64.2 cm³/mol. The van der Waals surface area contributed by atoms with Crippen molar-refractivity contribution in [2.24, 2.45) is 35.5 Å². The van der Waals surface area contributed by atoms with Gasteiger partial charge in [-0.2, -0.15) is 0 Å². The van der Waals surface area contributed by atoms with Gasteiger partial charge >= 0.3 is 0 Å². The first kappa shape index (κ1) is 12.1. The maximum Gasteiger partial charge on any atom is -0.0329 e. The molecule has 4 unspecified atom stereocenters. The summed E-state index contributed by atoms with van der Waals surface area (Å²) in [6, 6.07) is 0. The van der Waals surface area contributed by atoms with Gasteiger partial charge in [-0.05, 0) is 41.9 Å². The zero-order valence-corrected chi connectivity index (χ0v) is 10.9. The Bertz CT molecular complexity index is 169. The third kappa shape index (κ3) is 2.15. The molecule has 0 aliphatic heterocycles. The van der Waals surface area contributed by atoms with Gasteiger partial charge in [-0.1, -0.05) is 48.0 Å². The topological polar surface area (TPSA) is 0 Å². The smallest absolute Gasteiger partial charge is 0.0329 e. The van der Waals surface area contributed by atoms with Gasteiger partial charge in [0.15, 0.2) is 0 Å². The van der Waals surface area contributed by atoms with Crippen LogP contribution in [-0.2, 0) is 0 Å². The Labute approximate surface area is 90.5 Å². The Morgan fingerprint density at radius 1 is 1.07 bits per heavy atom. The van der Waals surface area contributed by atoms with Gasteiger partial charge in [-0.3, -0.25) is 0 Å². The minimum absolute atomic E-state index is 0.872. The Hall–Kier alpha value is 0. The molecule has 0 heterocycles. The van der Waals surface area contributed by atoms with E-state index in [1.54, 1.807) is 0 Å². The fourth-order valence-electron chi connectivity index (χ4n) is 3.84. The van der Waals surface area contributed by atoms with Crippen molar-refractivity contribution in [3.63, 3.8) is 0 Å². The van der Waals surface area contributed by atoms with Crippen molar-refractivity contribution in [2.45, 2.75) is 54.4 Å². The monoisotopic (exact) mass is 196 g/mol. The minimum atomic E-state index is 0.872. The standard InChI is InChI=1S/C14H28/c1-7-12-11(6)8-13(9(2)3)14(12)10(4)5/h9-14H,7-8H2,1-6H3. The highest BCUT2D eigenvalue weighted by molar-refractivity contribution is 4.91. The van der Waals surface area contributed by atoms with Crippen molar-refractivity contribution in [3.8, 4) is 0 Å². The molecule has 14 heavy (non-hydrogen) atoms. The summed E-state index contributed by atoms with van der Waals surface area (Å²) in [5, 5.41) is 0. The third-order valence-corrected chi connectivity index (χ3v) is 4.46. The van der Waals surface area contributed by atoms with Crippen LogP contribution in [-0.4, -0.2) is 0 Å². The number of rotatable bonds is 3. The van der Waals surface area contributed by atoms with Gasteiger partial charge in [-0.15, -0.1) is 0 Å². The molecule has 0 radical (unpaired) electrons. The summed E-state index contributed by atoms with van der Waals surface area (Å²) in [5.74, 6) is 5.66. The molecule has 0 aromatic rings. The Morgan fingerprint density at radius 2 is 1.64 bits per heavy atom. The van der Waals surface area contributed by atoms with Crippen molar-refractivity contribution >= 4 is 0 Å². The van der Waals surface area contributed by atoms with E-state index in [1.165, 1.54) is 12.8 Å². The lowest BCUT2D eigenvalue weighted by Gasteiger charge is -2.31. The maximum atomic E-state index is 2.46. The van der Waals surface area contributed by atoms with Crippen LogP contribution in [0.25, 0.3) is 0 Å². The Kier molecular flexibility index (Phi) is 4.04. The zero-order valence-electron chi connectivity index (χ0n) is 10.9. The average molecular weight is 196 g/mol. The van der Waals surface area contributed by atoms with Crippen LogP contribution in [0.3, 0.4) is 0 Å². The molecule has 0 heteroatoms. The van der Waals surface area contributed by atoms with Crippen molar-refractivity contribution in [1.82, 2.24) is 0 Å². The second-order valence-electron chi connectivity index (χ2n) is 6.01. The predicted octanol–water partition coefficient (Wildman–Crippen LogP) is 4.60. The van der Waals surface area contributed by atoms with Crippen LogP contribution in [0.5, 0.6) is 0 Å². The van der Waals surface area contributed by atoms with E-state index in [2.05, 4.69) is 41.5 Å². The second kappa shape index (κ2) is 4.68. The van der Waals surface area contributed by atoms with E-state index in [-0.39, 0.29) is 0 Å². The van der Waals surface area contributed by atoms with E-state index >= 15 is 0 Å². The van der Waals surface area contributed by atoms with E-state index in [0.717, 1.165) is 35.5 Å². The van der Waals surface area contributed by atoms with Crippen molar-refractivity contribution in [3.05, 3.63) is 0 Å². The highest BCUT2D eigenvalue weighted by Gasteiger charge is 2.42. The molecule has 0 aromatic heterocycles. The van der Waals surface area contributed by atoms with E-state index < -0.39 is 0 Å². The quantitative estimate of drug-likeness (QED) is 0.619. The normalized spacial score (nSPS) is 38.6. The molecule has 84 valence electrons. The first-order valence-corrected chi connectivity index (χ1v) is 6.49. The summed E-state index contributed by atoms with van der Waals surface area (Å²) < 4.78 is 0. The summed E-state index contributed by atoms with van der Waals surface area (Å²) in [5.41, 5.74) is 0. The average Bonchev–Trinajstić information content (AvgIpc) is 2.42.